The minimum Gasteiger partial charge on any atom is -0.741 e. The van der Waals surface area contributed by atoms with Crippen molar-refractivity contribution in [2.45, 2.75) is 13.1 Å². The van der Waals surface area contributed by atoms with E-state index in [1.54, 1.807) is 43.4 Å². The summed E-state index contributed by atoms with van der Waals surface area (Å²) >= 11 is 10.0. The number of hydrogen-bond acceptors (Lipinski definition) is 7. The van der Waals surface area contributed by atoms with Gasteiger partial charge in [-0.05, 0) is 29.4 Å². The van der Waals surface area contributed by atoms with Crippen molar-refractivity contribution in [2.75, 3.05) is 25.5 Å². The molecule has 1 radical (unpaired) electrons. The van der Waals surface area contributed by atoms with Crippen molar-refractivity contribution in [3.05, 3.63) is 65.7 Å². The topological polar surface area (TPSA) is 85.5 Å². The zero-order valence-corrected chi connectivity index (χ0v) is 20.7. The summed E-state index contributed by atoms with van der Waals surface area (Å²) in [5.41, 5.74) is 2.70. The second kappa shape index (κ2) is 14.5. The molecular formula is C21H22CuF3N7S2. The fourth-order valence-electron chi connectivity index (χ4n) is 2.46. The van der Waals surface area contributed by atoms with Gasteiger partial charge in [0.15, 0.2) is 0 Å². The minimum atomic E-state index is -4.44. The number of halogens is 3. The van der Waals surface area contributed by atoms with E-state index in [-0.39, 0.29) is 27.9 Å². The van der Waals surface area contributed by atoms with E-state index in [1.165, 1.54) is 0 Å². The number of alkyl halides is 3. The average Bonchev–Trinajstić information content (AvgIpc) is 2.80. The SMILES string of the molecule is CCNC([S-])=NN=C(C(=NN=C([S-])NCC(F)(F)F)c1ccccc1)c1ccc(NC)cc1.[Cu+2]. The normalized spacial score (nSPS) is 13.2. The molecule has 0 atom stereocenters. The number of anilines is 1. The summed E-state index contributed by atoms with van der Waals surface area (Å²) in [5.74, 6) is 0. The van der Waals surface area contributed by atoms with Gasteiger partial charge in [0.05, 0.1) is 0 Å². The second-order valence-corrected chi connectivity index (χ2v) is 7.17. The van der Waals surface area contributed by atoms with Gasteiger partial charge in [0, 0.05) is 30.4 Å². The quantitative estimate of drug-likeness (QED) is 0.153. The van der Waals surface area contributed by atoms with Crippen LogP contribution in [0.1, 0.15) is 18.1 Å². The minimum absolute atomic E-state index is 0. The van der Waals surface area contributed by atoms with E-state index in [0.29, 0.717) is 23.4 Å². The Kier molecular flexibility index (Phi) is 12.5. The molecule has 0 spiro atoms. The Morgan fingerprint density at radius 2 is 1.29 bits per heavy atom. The van der Waals surface area contributed by atoms with Crippen LogP contribution in [-0.4, -0.2) is 48.1 Å². The molecule has 13 heteroatoms. The van der Waals surface area contributed by atoms with Crippen LogP contribution in [0.5, 0.6) is 0 Å². The summed E-state index contributed by atoms with van der Waals surface area (Å²) in [7, 11) is 1.79. The summed E-state index contributed by atoms with van der Waals surface area (Å²) in [5, 5.41) is 23.9. The Hall–Kier alpha value is -2.73. The zero-order valence-electron chi connectivity index (χ0n) is 18.2. The summed E-state index contributed by atoms with van der Waals surface area (Å²) in [6.07, 6.45) is -4.44. The zero-order chi connectivity index (χ0) is 24.3. The molecule has 0 unspecified atom stereocenters. The first-order chi connectivity index (χ1) is 15.7. The van der Waals surface area contributed by atoms with Crippen molar-refractivity contribution in [3.8, 4) is 0 Å². The van der Waals surface area contributed by atoms with E-state index in [0.717, 1.165) is 5.69 Å². The summed E-state index contributed by atoms with van der Waals surface area (Å²) in [6.45, 7) is 1.12. The van der Waals surface area contributed by atoms with Gasteiger partial charge in [-0.15, -0.1) is 10.2 Å². The van der Waals surface area contributed by atoms with Crippen LogP contribution in [0.25, 0.3) is 0 Å². The van der Waals surface area contributed by atoms with Crippen LogP contribution < -0.4 is 16.0 Å². The molecule has 2 aromatic rings. The maximum absolute atomic E-state index is 12.5. The molecule has 34 heavy (non-hydrogen) atoms. The van der Waals surface area contributed by atoms with Crippen molar-refractivity contribution in [1.82, 2.24) is 10.6 Å². The van der Waals surface area contributed by atoms with Crippen LogP contribution in [0.4, 0.5) is 18.9 Å². The van der Waals surface area contributed by atoms with Crippen LogP contribution in [0.2, 0.25) is 0 Å². The molecule has 0 heterocycles. The molecule has 7 nitrogen and oxygen atoms in total. The van der Waals surface area contributed by atoms with Crippen molar-refractivity contribution in [1.29, 1.82) is 0 Å². The monoisotopic (exact) mass is 556 g/mol. The van der Waals surface area contributed by atoms with Crippen LogP contribution in [0.15, 0.2) is 75.0 Å². The molecule has 185 valence electrons. The smallest absolute Gasteiger partial charge is 0.741 e. The molecule has 0 saturated heterocycles. The number of nitrogens with zero attached hydrogens (tertiary/aromatic N) is 4. The first kappa shape index (κ1) is 29.3. The van der Waals surface area contributed by atoms with Gasteiger partial charge >= 0.3 is 23.2 Å². The Labute approximate surface area is 217 Å². The fraction of sp³-hybridized carbons (Fsp3) is 0.238. The fourth-order valence-corrected chi connectivity index (χ4v) is 2.76. The summed E-state index contributed by atoms with van der Waals surface area (Å²) < 4.78 is 37.4. The maximum Gasteiger partial charge on any atom is 2.00 e. The van der Waals surface area contributed by atoms with Gasteiger partial charge in [0.1, 0.15) is 18.0 Å². The molecule has 2 rings (SSSR count). The van der Waals surface area contributed by atoms with E-state index >= 15 is 0 Å². The average molecular weight is 557 g/mol. The predicted molar refractivity (Wildman–Crippen MR) is 133 cm³/mol. The molecule has 0 amide bonds. The number of benzene rings is 2. The van der Waals surface area contributed by atoms with Gasteiger partial charge in [-0.2, -0.15) is 23.4 Å². The van der Waals surface area contributed by atoms with Crippen LogP contribution >= 0.6 is 0 Å². The molecule has 0 fully saturated rings. The Morgan fingerprint density at radius 3 is 1.76 bits per heavy atom. The molecule has 0 aliphatic heterocycles. The number of hydrogen-bond donors (Lipinski definition) is 3. The first-order valence-corrected chi connectivity index (χ1v) is 10.6. The maximum atomic E-state index is 12.5. The third-order valence-corrected chi connectivity index (χ3v) is 4.42. The molecule has 0 aromatic heterocycles. The molecular weight excluding hydrogens is 535 g/mol. The second-order valence-electron chi connectivity index (χ2n) is 6.40. The van der Waals surface area contributed by atoms with Crippen LogP contribution in [0.3, 0.4) is 0 Å². The van der Waals surface area contributed by atoms with Gasteiger partial charge in [0.2, 0.25) is 0 Å². The number of rotatable bonds is 8. The van der Waals surface area contributed by atoms with E-state index in [1.807, 2.05) is 30.4 Å². The largest absolute Gasteiger partial charge is 2.00 e. The van der Waals surface area contributed by atoms with Gasteiger partial charge in [0.25, 0.3) is 0 Å². The molecule has 0 saturated carbocycles. The van der Waals surface area contributed by atoms with Gasteiger partial charge in [-0.25, -0.2) is 0 Å². The predicted octanol–water partition coefficient (Wildman–Crippen LogP) is 3.40. The van der Waals surface area contributed by atoms with Gasteiger partial charge in [-0.1, -0.05) is 42.5 Å². The van der Waals surface area contributed by atoms with E-state index < -0.39 is 17.9 Å². The van der Waals surface area contributed by atoms with Gasteiger partial charge < -0.3 is 41.2 Å². The summed E-state index contributed by atoms with van der Waals surface area (Å²) in [6, 6.07) is 16.2. The molecule has 2 aromatic carbocycles. The van der Waals surface area contributed by atoms with Crippen LogP contribution in [0, 0.1) is 0 Å². The number of amidine groups is 2. The third-order valence-electron chi connectivity index (χ3n) is 3.97. The molecule has 0 bridgehead atoms. The van der Waals surface area contributed by atoms with Crippen molar-refractivity contribution in [3.63, 3.8) is 0 Å². The first-order valence-electron chi connectivity index (χ1n) is 9.77. The number of nitrogens with one attached hydrogen (secondary N) is 3. The van der Waals surface area contributed by atoms with E-state index in [9.17, 15) is 13.2 Å². The molecule has 0 aliphatic rings. The Bertz CT molecular complexity index is 1020. The van der Waals surface area contributed by atoms with E-state index in [4.69, 9.17) is 25.3 Å². The van der Waals surface area contributed by atoms with Gasteiger partial charge in [-0.3, -0.25) is 0 Å². The Balaban J connectivity index is 0.00000578. The standard InChI is InChI=1S/C21H24F3N7S2.Cu/c1-3-26-19(32)30-29-18(15-9-11-16(25-2)12-10-15)17(14-7-5-4-6-8-14)28-31-20(33)27-13-21(22,23)24;/h4-12,25H,3,13H2,1-2H3,(H2,26,30,32)(H2,27,31,33);/q;+2/p-2. The Morgan fingerprint density at radius 1 is 0.794 bits per heavy atom. The molecule has 3 N–H and O–H groups in total. The third kappa shape index (κ3) is 10.0. The summed E-state index contributed by atoms with van der Waals surface area (Å²) in [4.78, 5) is 0. The van der Waals surface area contributed by atoms with Crippen molar-refractivity contribution in [2.24, 2.45) is 20.4 Å². The van der Waals surface area contributed by atoms with Crippen LogP contribution in [-0.2, 0) is 42.3 Å². The molecule has 0 aliphatic carbocycles. The van der Waals surface area contributed by atoms with E-state index in [2.05, 4.69) is 31.0 Å². The van der Waals surface area contributed by atoms with Crippen molar-refractivity contribution >= 4 is 52.7 Å². The van der Waals surface area contributed by atoms with Crippen molar-refractivity contribution < 1.29 is 30.2 Å².